The van der Waals surface area contributed by atoms with E-state index in [4.69, 9.17) is 6.42 Å². The zero-order valence-corrected chi connectivity index (χ0v) is 16.0. The fourth-order valence-corrected chi connectivity index (χ4v) is 7.51. The molecule has 2 rings (SSSR count). The highest BCUT2D eigenvalue weighted by Gasteiger charge is 2.54. The zero-order valence-electron chi connectivity index (χ0n) is 14.4. The van der Waals surface area contributed by atoms with Gasteiger partial charge in [-0.3, -0.25) is 0 Å². The summed E-state index contributed by atoms with van der Waals surface area (Å²) < 4.78 is 51.7. The van der Waals surface area contributed by atoms with Crippen molar-refractivity contribution in [1.82, 2.24) is 0 Å². The molecule has 0 amide bonds. The van der Waals surface area contributed by atoms with Crippen LogP contribution in [0, 0.1) is 12.3 Å². The summed E-state index contributed by atoms with van der Waals surface area (Å²) in [4.78, 5) is -0.140. The Morgan fingerprint density at radius 1 is 0.885 bits per heavy atom. The third-order valence-corrected chi connectivity index (χ3v) is 9.81. The molecule has 0 aliphatic heterocycles. The van der Waals surface area contributed by atoms with Crippen molar-refractivity contribution in [2.45, 2.75) is 33.6 Å². The van der Waals surface area contributed by atoms with E-state index < -0.39 is 30.2 Å². The van der Waals surface area contributed by atoms with Gasteiger partial charge < -0.3 is 0 Å². The van der Waals surface area contributed by atoms with Gasteiger partial charge in [-0.1, -0.05) is 48.6 Å². The number of benzene rings is 2. The molecule has 0 aliphatic rings. The Kier molecular flexibility index (Phi) is 6.06. The van der Waals surface area contributed by atoms with E-state index in [1.54, 1.807) is 49.4 Å². The van der Waals surface area contributed by atoms with E-state index in [9.17, 15) is 16.8 Å². The first kappa shape index (κ1) is 20.0. The summed E-state index contributed by atoms with van der Waals surface area (Å²) in [5.74, 6) is 2.28. The summed E-state index contributed by atoms with van der Waals surface area (Å²) in [6, 6.07) is 15.1. The normalized spacial score (nSPS) is 12.8. The van der Waals surface area contributed by atoms with Crippen LogP contribution < -0.4 is 0 Å². The number of allylic oxidation sites excluding steroid dienone is 2. The first-order chi connectivity index (χ1) is 12.3. The molecule has 26 heavy (non-hydrogen) atoms. The van der Waals surface area contributed by atoms with Crippen molar-refractivity contribution in [3.8, 4) is 12.3 Å². The average Bonchev–Trinajstić information content (AvgIpc) is 2.66. The lowest BCUT2D eigenvalue weighted by atomic mass is 10.2. The van der Waals surface area contributed by atoms with E-state index in [0.29, 0.717) is 0 Å². The Morgan fingerprint density at radius 2 is 1.31 bits per heavy atom. The van der Waals surface area contributed by atoms with E-state index in [0.717, 1.165) is 0 Å². The van der Waals surface area contributed by atoms with E-state index in [1.807, 2.05) is 0 Å². The largest absolute Gasteiger partial charge is 0.222 e. The molecule has 0 aromatic heterocycles. The van der Waals surface area contributed by atoms with Crippen LogP contribution in [0.1, 0.15) is 19.8 Å². The molecule has 0 heterocycles. The highest BCUT2D eigenvalue weighted by Crippen LogP contribution is 2.41. The van der Waals surface area contributed by atoms with Crippen LogP contribution in [0.4, 0.5) is 0 Å². The third-order valence-electron chi connectivity index (χ3n) is 4.12. The Labute approximate surface area is 155 Å². The Balaban J connectivity index is 2.85. The lowest BCUT2D eigenvalue weighted by Crippen LogP contribution is -2.46. The summed E-state index contributed by atoms with van der Waals surface area (Å²) in [5.41, 5.74) is 0. The summed E-state index contributed by atoms with van der Waals surface area (Å²) in [6.45, 7) is 1.70. The van der Waals surface area contributed by atoms with E-state index in [2.05, 4.69) is 5.92 Å². The summed E-state index contributed by atoms with van der Waals surface area (Å²) in [6.07, 6.45) is 7.89. The molecule has 0 radical (unpaired) electrons. The maximum Gasteiger partial charge on any atom is 0.200 e. The second kappa shape index (κ2) is 7.90. The molecule has 6 heteroatoms. The van der Waals surface area contributed by atoms with Crippen molar-refractivity contribution in [1.29, 1.82) is 0 Å². The monoisotopic (exact) mass is 388 g/mol. The van der Waals surface area contributed by atoms with Crippen LogP contribution in [-0.4, -0.2) is 20.9 Å². The summed E-state index contributed by atoms with van der Waals surface area (Å²) in [5, 5.41) is 0. The van der Waals surface area contributed by atoms with Gasteiger partial charge in [0.1, 0.15) is 0 Å². The Morgan fingerprint density at radius 3 is 1.65 bits per heavy atom. The first-order valence-corrected chi connectivity index (χ1v) is 10.9. The van der Waals surface area contributed by atoms with Gasteiger partial charge in [-0.25, -0.2) is 16.8 Å². The fourth-order valence-electron chi connectivity index (χ4n) is 2.71. The number of terminal acetylenes is 1. The van der Waals surface area contributed by atoms with Gasteiger partial charge >= 0.3 is 0 Å². The second-order valence-electron chi connectivity index (χ2n) is 5.70. The quantitative estimate of drug-likeness (QED) is 0.537. The van der Waals surface area contributed by atoms with Gasteiger partial charge in [-0.15, -0.1) is 12.3 Å². The van der Waals surface area contributed by atoms with Crippen LogP contribution in [0.15, 0.2) is 82.6 Å². The van der Waals surface area contributed by atoms with E-state index >= 15 is 0 Å². The molecule has 2 aromatic rings. The smallest absolute Gasteiger partial charge is 0.200 e. The van der Waals surface area contributed by atoms with Crippen LogP contribution in [0.3, 0.4) is 0 Å². The second-order valence-corrected chi connectivity index (χ2v) is 10.5. The molecule has 0 spiro atoms. The van der Waals surface area contributed by atoms with Gasteiger partial charge in [0, 0.05) is 12.8 Å². The molecule has 0 saturated carbocycles. The van der Waals surface area contributed by atoms with Crippen molar-refractivity contribution in [2.24, 2.45) is 0 Å². The minimum absolute atomic E-state index is 0.0701. The number of rotatable bonds is 7. The number of sulfone groups is 2. The molecule has 0 N–H and O–H groups in total. The van der Waals surface area contributed by atoms with Crippen LogP contribution >= 0.6 is 0 Å². The average molecular weight is 389 g/mol. The molecule has 0 aliphatic carbocycles. The lowest BCUT2D eigenvalue weighted by Gasteiger charge is -2.30. The highest BCUT2D eigenvalue weighted by atomic mass is 32.3. The molecule has 0 unspecified atom stereocenters. The molecular weight excluding hydrogens is 368 g/mol. The molecular formula is C20H20O4S2. The van der Waals surface area contributed by atoms with Crippen molar-refractivity contribution in [3.05, 3.63) is 72.8 Å². The fraction of sp³-hybridized carbons (Fsp3) is 0.200. The topological polar surface area (TPSA) is 68.3 Å². The van der Waals surface area contributed by atoms with Gasteiger partial charge in [-0.05, 0) is 31.2 Å². The minimum atomic E-state index is -4.28. The predicted molar refractivity (Wildman–Crippen MR) is 103 cm³/mol. The van der Waals surface area contributed by atoms with Crippen molar-refractivity contribution in [2.75, 3.05) is 0 Å². The van der Waals surface area contributed by atoms with Gasteiger partial charge in [0.2, 0.25) is 0 Å². The van der Waals surface area contributed by atoms with E-state index in [-0.39, 0.29) is 16.2 Å². The first-order valence-electron chi connectivity index (χ1n) is 7.97. The lowest BCUT2D eigenvalue weighted by molar-refractivity contribution is 0.539. The van der Waals surface area contributed by atoms with Crippen molar-refractivity contribution in [3.63, 3.8) is 0 Å². The summed E-state index contributed by atoms with van der Waals surface area (Å²) in [7, 11) is -8.57. The van der Waals surface area contributed by atoms with Gasteiger partial charge in [0.25, 0.3) is 0 Å². The molecule has 2 aromatic carbocycles. The van der Waals surface area contributed by atoms with E-state index in [1.165, 1.54) is 30.3 Å². The van der Waals surface area contributed by atoms with Crippen LogP contribution in [0.2, 0.25) is 0 Å². The van der Waals surface area contributed by atoms with Crippen LogP contribution in [0.25, 0.3) is 0 Å². The maximum absolute atomic E-state index is 13.5. The molecule has 0 bridgehead atoms. The highest BCUT2D eigenvalue weighted by molar-refractivity contribution is 8.10. The Bertz CT molecular complexity index is 945. The van der Waals surface area contributed by atoms with Crippen molar-refractivity contribution < 1.29 is 16.8 Å². The van der Waals surface area contributed by atoms with Crippen LogP contribution in [-0.2, 0) is 19.7 Å². The molecule has 0 fully saturated rings. The minimum Gasteiger partial charge on any atom is -0.222 e. The molecule has 0 saturated heterocycles. The van der Waals surface area contributed by atoms with Crippen LogP contribution in [0.5, 0.6) is 0 Å². The van der Waals surface area contributed by atoms with Gasteiger partial charge in [0.15, 0.2) is 23.8 Å². The molecule has 0 atom stereocenters. The maximum atomic E-state index is 13.5. The summed E-state index contributed by atoms with van der Waals surface area (Å²) >= 11 is 0. The van der Waals surface area contributed by atoms with Gasteiger partial charge in [0.05, 0.1) is 9.79 Å². The molecule has 136 valence electrons. The zero-order chi connectivity index (χ0) is 19.3. The third kappa shape index (κ3) is 3.33. The van der Waals surface area contributed by atoms with Crippen molar-refractivity contribution >= 4 is 19.7 Å². The number of hydrogen-bond donors (Lipinski definition) is 0. The molecule has 4 nitrogen and oxygen atoms in total. The Hall–Kier alpha value is -2.36. The number of hydrogen-bond acceptors (Lipinski definition) is 4. The predicted octanol–water partition coefficient (Wildman–Crippen LogP) is 3.62. The standard InChI is InChI=1S/C20H20O4S2/c1-3-5-17-20(16-4-2,25(21,22)18-12-8-6-9-13-18)26(23,24)19-14-10-7-11-15-19/h2-3,5-15H,16-17H2,1H3/b5-3+. The SMILES string of the molecule is C#CCC(C/C=C/C)(S(=O)(=O)c1ccccc1)S(=O)(=O)c1ccccc1. The van der Waals surface area contributed by atoms with Gasteiger partial charge in [-0.2, -0.15) is 0 Å².